The smallest absolute Gasteiger partial charge is 0.323 e. The second kappa shape index (κ2) is 6.44. The van der Waals surface area contributed by atoms with Gasteiger partial charge in [0.2, 0.25) is 0 Å². The van der Waals surface area contributed by atoms with Crippen LogP contribution in [0.4, 0.5) is 20.7 Å². The highest BCUT2D eigenvalue weighted by Crippen LogP contribution is 2.25. The quantitative estimate of drug-likeness (QED) is 0.742. The van der Waals surface area contributed by atoms with Gasteiger partial charge >= 0.3 is 6.03 Å². The van der Waals surface area contributed by atoms with Gasteiger partial charge in [-0.25, -0.2) is 14.2 Å². The first-order chi connectivity index (χ1) is 12.6. The van der Waals surface area contributed by atoms with E-state index in [4.69, 9.17) is 5.73 Å². The summed E-state index contributed by atoms with van der Waals surface area (Å²) in [4.78, 5) is 22.9. The van der Waals surface area contributed by atoms with Crippen molar-refractivity contribution in [2.75, 3.05) is 11.1 Å². The van der Waals surface area contributed by atoms with Crippen molar-refractivity contribution in [2.24, 2.45) is 0 Å². The Morgan fingerprint density at radius 3 is 2.69 bits per heavy atom. The van der Waals surface area contributed by atoms with Crippen molar-refractivity contribution in [3.63, 3.8) is 0 Å². The molecule has 3 N–H and O–H groups in total. The van der Waals surface area contributed by atoms with E-state index >= 15 is 0 Å². The third kappa shape index (κ3) is 3.06. The Labute approximate surface area is 149 Å². The van der Waals surface area contributed by atoms with E-state index in [9.17, 15) is 9.18 Å². The molecule has 0 saturated heterocycles. The lowest BCUT2D eigenvalue weighted by atomic mass is 10.1. The monoisotopic (exact) mass is 349 g/mol. The molecule has 1 aromatic carbocycles. The first-order valence-electron chi connectivity index (χ1n) is 8.11. The molecule has 2 aromatic heterocycles. The topological polar surface area (TPSA) is 84.1 Å². The lowest BCUT2D eigenvalue weighted by Gasteiger charge is -2.17. The number of hydrogen-bond donors (Lipinski definition) is 2. The molecule has 3 heterocycles. The molecule has 0 fully saturated rings. The Morgan fingerprint density at radius 1 is 1.12 bits per heavy atom. The summed E-state index contributed by atoms with van der Waals surface area (Å²) in [5.41, 5.74) is 9.57. The van der Waals surface area contributed by atoms with Gasteiger partial charge in [0.1, 0.15) is 5.82 Å². The number of urea groups is 1. The second-order valence-electron chi connectivity index (χ2n) is 6.04. The number of nitrogens with two attached hydrogens (primary N) is 1. The van der Waals surface area contributed by atoms with Crippen molar-refractivity contribution in [1.29, 1.82) is 0 Å². The van der Waals surface area contributed by atoms with E-state index in [1.807, 2.05) is 12.1 Å². The van der Waals surface area contributed by atoms with Gasteiger partial charge in [0.15, 0.2) is 5.82 Å². The van der Waals surface area contributed by atoms with Crippen LogP contribution in [-0.4, -0.2) is 20.9 Å². The number of aromatic nitrogens is 2. The van der Waals surface area contributed by atoms with Crippen molar-refractivity contribution in [3.05, 3.63) is 71.8 Å². The number of halogens is 1. The Bertz CT molecular complexity index is 949. The first kappa shape index (κ1) is 16.0. The molecule has 0 aliphatic carbocycles. The van der Waals surface area contributed by atoms with Crippen molar-refractivity contribution in [2.45, 2.75) is 13.1 Å². The van der Waals surface area contributed by atoms with E-state index in [1.54, 1.807) is 35.4 Å². The zero-order valence-electron chi connectivity index (χ0n) is 13.8. The number of pyridine rings is 2. The highest BCUT2D eigenvalue weighted by atomic mass is 19.1. The molecule has 0 bridgehead atoms. The lowest BCUT2D eigenvalue weighted by Crippen LogP contribution is -2.31. The van der Waals surface area contributed by atoms with Gasteiger partial charge in [0, 0.05) is 18.3 Å². The maximum absolute atomic E-state index is 13.1. The van der Waals surface area contributed by atoms with Crippen LogP contribution in [0.2, 0.25) is 0 Å². The van der Waals surface area contributed by atoms with Crippen molar-refractivity contribution >= 4 is 17.5 Å². The van der Waals surface area contributed by atoms with Gasteiger partial charge < -0.3 is 10.6 Å². The van der Waals surface area contributed by atoms with E-state index in [0.717, 1.165) is 16.8 Å². The molecule has 4 rings (SSSR count). The minimum atomic E-state index is -0.320. The minimum Gasteiger partial charge on any atom is -0.396 e. The summed E-state index contributed by atoms with van der Waals surface area (Å²) in [5.74, 6) is -0.0410. The summed E-state index contributed by atoms with van der Waals surface area (Å²) in [6, 6.07) is 12.9. The van der Waals surface area contributed by atoms with Gasteiger partial charge in [-0.1, -0.05) is 6.07 Å². The average Bonchev–Trinajstić information content (AvgIpc) is 3.09. The number of nitrogens with zero attached hydrogens (tertiary/aromatic N) is 3. The number of carbonyl (C=O) groups excluding carboxylic acids is 1. The molecular formula is C19H16FN5O. The zero-order chi connectivity index (χ0) is 18.1. The van der Waals surface area contributed by atoms with E-state index in [1.165, 1.54) is 12.1 Å². The Kier molecular flexibility index (Phi) is 3.96. The van der Waals surface area contributed by atoms with Crippen LogP contribution in [0.1, 0.15) is 11.3 Å². The summed E-state index contributed by atoms with van der Waals surface area (Å²) in [7, 11) is 0. The molecule has 26 heavy (non-hydrogen) atoms. The standard InChI is InChI=1S/C19H16FN5O/c20-14-5-3-12(4-6-14)16-8-7-15(21)18(23-16)24-19(26)25-10-13-2-1-9-22-17(13)11-25/h1-9H,10-11,21H2,(H,23,24,26). The number of hydrogen-bond acceptors (Lipinski definition) is 4. The second-order valence-corrected chi connectivity index (χ2v) is 6.04. The van der Waals surface area contributed by atoms with Crippen molar-refractivity contribution in [3.8, 4) is 11.3 Å². The number of anilines is 2. The molecule has 2 amide bonds. The van der Waals surface area contributed by atoms with Crippen LogP contribution in [-0.2, 0) is 13.1 Å². The Balaban J connectivity index is 1.54. The molecule has 1 aliphatic rings. The number of carbonyl (C=O) groups is 1. The van der Waals surface area contributed by atoms with Crippen LogP contribution >= 0.6 is 0 Å². The van der Waals surface area contributed by atoms with Crippen molar-refractivity contribution < 1.29 is 9.18 Å². The van der Waals surface area contributed by atoms with Crippen LogP contribution in [0.5, 0.6) is 0 Å². The fourth-order valence-electron chi connectivity index (χ4n) is 2.88. The van der Waals surface area contributed by atoms with Gasteiger partial charge in [-0.15, -0.1) is 0 Å². The summed E-state index contributed by atoms with van der Waals surface area (Å²) >= 11 is 0. The van der Waals surface area contributed by atoms with Crippen LogP contribution in [0.15, 0.2) is 54.7 Å². The molecule has 3 aromatic rings. The van der Waals surface area contributed by atoms with Gasteiger partial charge in [-0.2, -0.15) is 0 Å². The molecule has 0 radical (unpaired) electrons. The van der Waals surface area contributed by atoms with Crippen molar-refractivity contribution in [1.82, 2.24) is 14.9 Å². The maximum atomic E-state index is 13.1. The molecule has 130 valence electrons. The van der Waals surface area contributed by atoms with E-state index in [-0.39, 0.29) is 17.7 Å². The predicted molar refractivity (Wildman–Crippen MR) is 96.5 cm³/mol. The molecule has 7 heteroatoms. The largest absolute Gasteiger partial charge is 0.396 e. The summed E-state index contributed by atoms with van der Waals surface area (Å²) in [6.07, 6.45) is 1.71. The minimum absolute atomic E-state index is 0.278. The van der Waals surface area contributed by atoms with E-state index in [2.05, 4.69) is 15.3 Å². The van der Waals surface area contributed by atoms with Crippen LogP contribution in [0.25, 0.3) is 11.3 Å². The van der Waals surface area contributed by atoms with E-state index in [0.29, 0.717) is 24.5 Å². The Morgan fingerprint density at radius 2 is 1.92 bits per heavy atom. The third-order valence-corrected chi connectivity index (χ3v) is 4.27. The van der Waals surface area contributed by atoms with Crippen LogP contribution in [0.3, 0.4) is 0 Å². The van der Waals surface area contributed by atoms with E-state index < -0.39 is 0 Å². The number of nitrogens with one attached hydrogen (secondary N) is 1. The summed E-state index contributed by atoms with van der Waals surface area (Å²) < 4.78 is 13.1. The molecule has 1 aliphatic heterocycles. The normalized spacial score (nSPS) is 12.7. The summed E-state index contributed by atoms with van der Waals surface area (Å²) in [5, 5.41) is 2.76. The molecule has 0 atom stereocenters. The average molecular weight is 349 g/mol. The summed E-state index contributed by atoms with van der Waals surface area (Å²) in [6.45, 7) is 0.937. The third-order valence-electron chi connectivity index (χ3n) is 4.27. The van der Waals surface area contributed by atoms with Gasteiger partial charge in [0.05, 0.1) is 23.6 Å². The first-order valence-corrected chi connectivity index (χ1v) is 8.11. The molecule has 0 spiro atoms. The number of fused-ring (bicyclic) bond motifs is 1. The number of nitrogen functional groups attached to an aromatic ring is 1. The lowest BCUT2D eigenvalue weighted by molar-refractivity contribution is 0.212. The zero-order valence-corrected chi connectivity index (χ0v) is 13.8. The molecular weight excluding hydrogens is 333 g/mol. The van der Waals surface area contributed by atoms with Crippen LogP contribution < -0.4 is 11.1 Å². The fraction of sp³-hybridized carbons (Fsp3) is 0.105. The maximum Gasteiger partial charge on any atom is 0.323 e. The SMILES string of the molecule is Nc1ccc(-c2ccc(F)cc2)nc1NC(=O)N1Cc2cccnc2C1. The molecule has 0 unspecified atom stereocenters. The van der Waals surface area contributed by atoms with Crippen LogP contribution in [0, 0.1) is 5.82 Å². The predicted octanol–water partition coefficient (Wildman–Crippen LogP) is 3.41. The van der Waals surface area contributed by atoms with Gasteiger partial charge in [0.25, 0.3) is 0 Å². The highest BCUT2D eigenvalue weighted by Gasteiger charge is 2.24. The van der Waals surface area contributed by atoms with Gasteiger partial charge in [-0.05, 0) is 48.0 Å². The number of benzene rings is 1. The molecule has 0 saturated carbocycles. The Hall–Kier alpha value is -3.48. The number of amides is 2. The highest BCUT2D eigenvalue weighted by molar-refractivity contribution is 5.92. The molecule has 6 nitrogen and oxygen atoms in total. The fourth-order valence-corrected chi connectivity index (χ4v) is 2.88. The van der Waals surface area contributed by atoms with Gasteiger partial charge in [-0.3, -0.25) is 10.3 Å². The number of rotatable bonds is 2.